The summed E-state index contributed by atoms with van der Waals surface area (Å²) in [5, 5.41) is 4.08. The number of halogens is 3. The van der Waals surface area contributed by atoms with Crippen LogP contribution in [0, 0.1) is 0 Å². The van der Waals surface area contributed by atoms with Gasteiger partial charge in [0, 0.05) is 30.1 Å². The minimum atomic E-state index is -4.60. The normalized spacial score (nSPS) is 11.8. The Balaban J connectivity index is 1.89. The van der Waals surface area contributed by atoms with Crippen LogP contribution in [-0.4, -0.2) is 31.8 Å². The molecule has 0 amide bonds. The lowest BCUT2D eigenvalue weighted by atomic mass is 10.1. The molecular formula is C20H17F3N4O3. The SMILES string of the molecule is CC(C)OC(=O)C=Cn1cnc(-c2cc(Oc3ccccn3)cc(C(F)(F)F)c2)n1. The van der Waals surface area contributed by atoms with Gasteiger partial charge in [-0.3, -0.25) is 0 Å². The minimum absolute atomic E-state index is 0.0221. The molecule has 0 unspecified atom stereocenters. The van der Waals surface area contributed by atoms with Crippen LogP contribution in [0.25, 0.3) is 17.6 Å². The van der Waals surface area contributed by atoms with E-state index in [1.807, 2.05) is 0 Å². The number of ether oxygens (including phenoxy) is 2. The number of hydrogen-bond acceptors (Lipinski definition) is 6. The summed E-state index contributed by atoms with van der Waals surface area (Å²) < 4.78 is 51.6. The molecule has 7 nitrogen and oxygen atoms in total. The molecule has 0 radical (unpaired) electrons. The van der Waals surface area contributed by atoms with Crippen LogP contribution in [0.5, 0.6) is 11.6 Å². The second kappa shape index (κ2) is 8.76. The second-order valence-corrected chi connectivity index (χ2v) is 6.36. The Kier molecular flexibility index (Phi) is 6.14. The number of alkyl halides is 3. The van der Waals surface area contributed by atoms with Gasteiger partial charge in [-0.1, -0.05) is 6.07 Å². The second-order valence-electron chi connectivity index (χ2n) is 6.36. The van der Waals surface area contributed by atoms with Gasteiger partial charge in [0.15, 0.2) is 5.82 Å². The maximum absolute atomic E-state index is 13.3. The van der Waals surface area contributed by atoms with Gasteiger partial charge >= 0.3 is 12.1 Å². The van der Waals surface area contributed by atoms with Gasteiger partial charge in [0.1, 0.15) is 12.1 Å². The van der Waals surface area contributed by atoms with E-state index in [1.165, 1.54) is 35.5 Å². The summed E-state index contributed by atoms with van der Waals surface area (Å²) in [5.41, 5.74) is -0.828. The van der Waals surface area contributed by atoms with E-state index in [-0.39, 0.29) is 29.1 Å². The van der Waals surface area contributed by atoms with Crippen molar-refractivity contribution < 1.29 is 27.4 Å². The van der Waals surface area contributed by atoms with Gasteiger partial charge in [-0.25, -0.2) is 19.4 Å². The standard InChI is InChI=1S/C20H17F3N4O3/c1-13(2)29-18(28)6-8-27-12-25-19(26-27)14-9-15(20(21,22)23)11-16(10-14)30-17-5-3-4-7-24-17/h3-13H,1-2H3. The van der Waals surface area contributed by atoms with Gasteiger partial charge in [0.05, 0.1) is 11.7 Å². The molecule has 0 bridgehead atoms. The van der Waals surface area contributed by atoms with E-state index in [0.717, 1.165) is 18.2 Å². The van der Waals surface area contributed by atoms with E-state index < -0.39 is 17.7 Å². The molecule has 0 saturated heterocycles. The molecule has 2 aromatic heterocycles. The molecule has 0 aliphatic rings. The van der Waals surface area contributed by atoms with Gasteiger partial charge in [-0.15, -0.1) is 5.10 Å². The molecule has 3 aromatic rings. The highest BCUT2D eigenvalue weighted by Crippen LogP contribution is 2.36. The van der Waals surface area contributed by atoms with E-state index in [2.05, 4.69) is 15.1 Å². The topological polar surface area (TPSA) is 79.1 Å². The fourth-order valence-electron chi connectivity index (χ4n) is 2.37. The van der Waals surface area contributed by atoms with Crippen molar-refractivity contribution in [2.75, 3.05) is 0 Å². The lowest BCUT2D eigenvalue weighted by Crippen LogP contribution is -2.08. The highest BCUT2D eigenvalue weighted by molar-refractivity contribution is 5.85. The summed E-state index contributed by atoms with van der Waals surface area (Å²) in [4.78, 5) is 19.5. The number of pyridine rings is 1. The number of rotatable bonds is 6. The predicted octanol–water partition coefficient (Wildman–Crippen LogP) is 4.57. The summed E-state index contributed by atoms with van der Waals surface area (Å²) in [6.45, 7) is 3.41. The van der Waals surface area contributed by atoms with E-state index in [9.17, 15) is 18.0 Å². The summed E-state index contributed by atoms with van der Waals surface area (Å²) in [7, 11) is 0. The lowest BCUT2D eigenvalue weighted by molar-refractivity contribution is -0.141. The molecule has 1 aromatic carbocycles. The molecule has 0 fully saturated rings. The average Bonchev–Trinajstić information content (AvgIpc) is 3.15. The molecule has 10 heteroatoms. The summed E-state index contributed by atoms with van der Waals surface area (Å²) >= 11 is 0. The predicted molar refractivity (Wildman–Crippen MR) is 101 cm³/mol. The number of aromatic nitrogens is 4. The van der Waals surface area contributed by atoms with Gasteiger partial charge < -0.3 is 9.47 Å². The smallest absolute Gasteiger partial charge is 0.416 e. The first-order valence-electron chi connectivity index (χ1n) is 8.82. The average molecular weight is 418 g/mol. The quantitative estimate of drug-likeness (QED) is 0.431. The largest absolute Gasteiger partial charge is 0.460 e. The van der Waals surface area contributed by atoms with Crippen molar-refractivity contribution in [1.82, 2.24) is 19.7 Å². The van der Waals surface area contributed by atoms with Crippen LogP contribution in [0.2, 0.25) is 0 Å². The molecule has 0 saturated carbocycles. The van der Waals surface area contributed by atoms with Crippen LogP contribution in [0.3, 0.4) is 0 Å². The highest BCUT2D eigenvalue weighted by Gasteiger charge is 2.32. The Morgan fingerprint density at radius 1 is 1.17 bits per heavy atom. The molecule has 0 N–H and O–H groups in total. The van der Waals surface area contributed by atoms with Gasteiger partial charge in [0.2, 0.25) is 5.88 Å². The number of esters is 1. The van der Waals surface area contributed by atoms with E-state index in [0.29, 0.717) is 0 Å². The maximum atomic E-state index is 13.3. The third kappa shape index (κ3) is 5.66. The first-order valence-corrected chi connectivity index (χ1v) is 8.82. The van der Waals surface area contributed by atoms with Crippen LogP contribution in [0.4, 0.5) is 13.2 Å². The van der Waals surface area contributed by atoms with Crippen molar-refractivity contribution in [1.29, 1.82) is 0 Å². The van der Waals surface area contributed by atoms with Gasteiger partial charge in [0.25, 0.3) is 0 Å². The van der Waals surface area contributed by atoms with Gasteiger partial charge in [-0.05, 0) is 38.1 Å². The van der Waals surface area contributed by atoms with Crippen LogP contribution >= 0.6 is 0 Å². The monoisotopic (exact) mass is 418 g/mol. The van der Waals surface area contributed by atoms with Crippen molar-refractivity contribution in [3.8, 4) is 23.0 Å². The first kappa shape index (κ1) is 21.0. The van der Waals surface area contributed by atoms with Gasteiger partial charge in [-0.2, -0.15) is 13.2 Å². The Hall–Kier alpha value is -3.69. The first-order chi connectivity index (χ1) is 14.2. The maximum Gasteiger partial charge on any atom is 0.416 e. The van der Waals surface area contributed by atoms with E-state index >= 15 is 0 Å². The van der Waals surface area contributed by atoms with Crippen molar-refractivity contribution in [3.63, 3.8) is 0 Å². The minimum Gasteiger partial charge on any atom is -0.460 e. The van der Waals surface area contributed by atoms with Crippen molar-refractivity contribution in [3.05, 3.63) is 60.6 Å². The molecular weight excluding hydrogens is 401 g/mol. The summed E-state index contributed by atoms with van der Waals surface area (Å²) in [6.07, 6.45) is 0.274. The zero-order valence-corrected chi connectivity index (χ0v) is 16.0. The van der Waals surface area contributed by atoms with Crippen molar-refractivity contribution in [2.24, 2.45) is 0 Å². The molecule has 0 aliphatic heterocycles. The fourth-order valence-corrected chi connectivity index (χ4v) is 2.37. The van der Waals surface area contributed by atoms with Crippen LogP contribution in [0.15, 0.2) is 55.0 Å². The zero-order valence-electron chi connectivity index (χ0n) is 16.0. The van der Waals surface area contributed by atoms with Crippen LogP contribution < -0.4 is 4.74 Å². The zero-order chi connectivity index (χ0) is 21.7. The number of hydrogen-bond donors (Lipinski definition) is 0. The third-order valence-corrected chi connectivity index (χ3v) is 3.58. The number of carbonyl (C=O) groups is 1. The van der Waals surface area contributed by atoms with E-state index in [4.69, 9.17) is 9.47 Å². The molecule has 156 valence electrons. The molecule has 0 spiro atoms. The van der Waals surface area contributed by atoms with Crippen molar-refractivity contribution in [2.45, 2.75) is 26.1 Å². The van der Waals surface area contributed by atoms with Crippen LogP contribution in [-0.2, 0) is 15.7 Å². The number of carbonyl (C=O) groups excluding carboxylic acids is 1. The molecule has 3 rings (SSSR count). The fraction of sp³-hybridized carbons (Fsp3) is 0.200. The molecule has 30 heavy (non-hydrogen) atoms. The third-order valence-electron chi connectivity index (χ3n) is 3.58. The lowest BCUT2D eigenvalue weighted by Gasteiger charge is -2.11. The number of nitrogens with zero attached hydrogens (tertiary/aromatic N) is 4. The Morgan fingerprint density at radius 2 is 1.97 bits per heavy atom. The summed E-state index contributed by atoms with van der Waals surface area (Å²) in [6, 6.07) is 8.00. The van der Waals surface area contributed by atoms with Crippen molar-refractivity contribution >= 4 is 12.2 Å². The molecule has 0 aliphatic carbocycles. The van der Waals surface area contributed by atoms with E-state index in [1.54, 1.807) is 26.0 Å². The highest BCUT2D eigenvalue weighted by atomic mass is 19.4. The Labute approximate surface area is 169 Å². The molecule has 0 atom stereocenters. The van der Waals surface area contributed by atoms with Crippen LogP contribution in [0.1, 0.15) is 19.4 Å². The summed E-state index contributed by atoms with van der Waals surface area (Å²) in [5.74, 6) is -0.472. The molecule has 2 heterocycles. The Bertz CT molecular complexity index is 1050. The number of benzene rings is 1. The Morgan fingerprint density at radius 3 is 2.63 bits per heavy atom.